The van der Waals surface area contributed by atoms with Gasteiger partial charge < -0.3 is 20.1 Å². The van der Waals surface area contributed by atoms with Crippen molar-refractivity contribution in [1.82, 2.24) is 10.2 Å². The Kier molecular flexibility index (Phi) is 7.47. The smallest absolute Gasteiger partial charge is 0.331 e. The van der Waals surface area contributed by atoms with Gasteiger partial charge in [-0.1, -0.05) is 23.7 Å². The van der Waals surface area contributed by atoms with E-state index in [9.17, 15) is 14.4 Å². The van der Waals surface area contributed by atoms with Gasteiger partial charge in [-0.05, 0) is 30.5 Å². The zero-order valence-electron chi connectivity index (χ0n) is 14.9. The van der Waals surface area contributed by atoms with Crippen LogP contribution in [-0.4, -0.2) is 60.1 Å². The average molecular weight is 417 g/mol. The number of carbonyl (C=O) groups excluding carboxylic acids is 2. The number of aliphatic carboxylic acids is 1. The number of nitrogens with zero attached hydrogens (tertiary/aromatic N) is 1. The topological polar surface area (TPSA) is 95.9 Å². The van der Waals surface area contributed by atoms with Crippen molar-refractivity contribution < 1.29 is 24.2 Å². The van der Waals surface area contributed by atoms with E-state index in [0.717, 1.165) is 0 Å². The lowest BCUT2D eigenvalue weighted by molar-refractivity contribution is -0.153. The fourth-order valence-corrected chi connectivity index (χ4v) is 3.40. The predicted octanol–water partition coefficient (Wildman–Crippen LogP) is 2.22. The van der Waals surface area contributed by atoms with E-state index in [4.69, 9.17) is 33.0 Å². The quantitative estimate of drug-likeness (QED) is 0.522. The Morgan fingerprint density at radius 2 is 1.85 bits per heavy atom. The second kappa shape index (κ2) is 9.39. The number of hydrogen-bond donors (Lipinski definition) is 2. The molecule has 0 aliphatic carbocycles. The number of halogens is 2. The maximum atomic E-state index is 12.6. The Morgan fingerprint density at radius 3 is 2.37 bits per heavy atom. The van der Waals surface area contributed by atoms with E-state index in [2.05, 4.69) is 5.32 Å². The molecule has 1 saturated heterocycles. The van der Waals surface area contributed by atoms with E-state index in [0.29, 0.717) is 43.1 Å². The molecule has 0 bridgehead atoms. The molecule has 1 unspecified atom stereocenters. The predicted molar refractivity (Wildman–Crippen MR) is 101 cm³/mol. The highest BCUT2D eigenvalue weighted by molar-refractivity contribution is 6.32. The lowest BCUT2D eigenvalue weighted by Crippen LogP contribution is -2.61. The van der Waals surface area contributed by atoms with Crippen molar-refractivity contribution in [2.75, 3.05) is 26.7 Å². The molecular formula is C18H22Cl2N2O5. The molecule has 1 aromatic rings. The zero-order chi connectivity index (χ0) is 20.0. The van der Waals surface area contributed by atoms with E-state index in [1.807, 2.05) is 4.90 Å². The first-order valence-corrected chi connectivity index (χ1v) is 9.33. The number of carboxylic acids is 1. The minimum Gasteiger partial charge on any atom is -0.481 e. The summed E-state index contributed by atoms with van der Waals surface area (Å²) in [4.78, 5) is 37.7. The molecule has 1 aliphatic heterocycles. The first-order chi connectivity index (χ1) is 12.8. The van der Waals surface area contributed by atoms with Crippen molar-refractivity contribution in [3.63, 3.8) is 0 Å². The molecule has 1 fully saturated rings. The fourth-order valence-electron chi connectivity index (χ4n) is 3.07. The third-order valence-corrected chi connectivity index (χ3v) is 5.39. The first kappa shape index (κ1) is 21.5. The van der Waals surface area contributed by atoms with Gasteiger partial charge in [0.15, 0.2) is 0 Å². The largest absolute Gasteiger partial charge is 0.481 e. The fraction of sp³-hybridized carbons (Fsp3) is 0.500. The summed E-state index contributed by atoms with van der Waals surface area (Å²) in [6, 6.07) is 6.57. The van der Waals surface area contributed by atoms with Crippen molar-refractivity contribution in [2.45, 2.75) is 30.2 Å². The second-order valence-electron chi connectivity index (χ2n) is 6.46. The Bertz CT molecular complexity index is 687. The number of carboxylic acid groups (broad SMARTS) is 1. The van der Waals surface area contributed by atoms with Crippen LogP contribution in [0.2, 0.25) is 5.02 Å². The Morgan fingerprint density at radius 1 is 1.26 bits per heavy atom. The molecule has 1 heterocycles. The third-order valence-electron chi connectivity index (χ3n) is 4.68. The highest BCUT2D eigenvalue weighted by Crippen LogP contribution is 2.28. The van der Waals surface area contributed by atoms with E-state index in [-0.39, 0.29) is 6.42 Å². The number of ether oxygens (including phenoxy) is 1. The monoisotopic (exact) mass is 416 g/mol. The minimum atomic E-state index is -1.18. The van der Waals surface area contributed by atoms with Crippen LogP contribution in [0.1, 0.15) is 30.2 Å². The third kappa shape index (κ3) is 5.57. The summed E-state index contributed by atoms with van der Waals surface area (Å²) >= 11 is 12.1. The molecule has 2 N–H and O–H groups in total. The number of nitrogens with one attached hydrogen (secondary N) is 1. The summed E-state index contributed by atoms with van der Waals surface area (Å²) in [5.41, 5.74) is -0.608. The van der Waals surface area contributed by atoms with Gasteiger partial charge in [0.2, 0.25) is 5.91 Å². The number of benzene rings is 1. The highest BCUT2D eigenvalue weighted by Gasteiger charge is 2.44. The van der Waals surface area contributed by atoms with Crippen LogP contribution in [-0.2, 0) is 19.1 Å². The summed E-state index contributed by atoms with van der Waals surface area (Å²) in [6.07, 6.45) is 0.655. The molecule has 0 spiro atoms. The zero-order valence-corrected chi connectivity index (χ0v) is 16.4. The number of methoxy groups -OCH3 is 1. The summed E-state index contributed by atoms with van der Waals surface area (Å²) in [5.74, 6) is -1.90. The molecule has 0 saturated carbocycles. The van der Waals surface area contributed by atoms with Crippen LogP contribution in [0.5, 0.6) is 0 Å². The van der Waals surface area contributed by atoms with Crippen molar-refractivity contribution >= 4 is 41.0 Å². The number of alkyl halides is 1. The molecule has 27 heavy (non-hydrogen) atoms. The molecular weight excluding hydrogens is 395 g/mol. The number of likely N-dealkylation sites (tertiary alicyclic amines) is 1. The molecule has 1 aromatic carbocycles. The molecule has 1 aliphatic rings. The molecule has 148 valence electrons. The Hall–Kier alpha value is -1.83. The molecule has 9 heteroatoms. The lowest BCUT2D eigenvalue weighted by Gasteiger charge is -2.40. The standard InChI is InChI=1S/C18H22Cl2N2O5/c1-27-17(26)18(7-10-22(11-8-18)9-6-14(23)24)21-16(25)15(20)12-2-4-13(19)5-3-12/h2-5,15H,6-11H2,1H3,(H,21,25)(H,23,24). The summed E-state index contributed by atoms with van der Waals surface area (Å²) < 4.78 is 4.90. The minimum absolute atomic E-state index is 0.0257. The molecule has 0 aromatic heterocycles. The van der Waals surface area contributed by atoms with Crippen molar-refractivity contribution in [1.29, 1.82) is 0 Å². The molecule has 1 amide bonds. The summed E-state index contributed by atoms with van der Waals surface area (Å²) in [7, 11) is 1.27. The van der Waals surface area contributed by atoms with Crippen LogP contribution >= 0.6 is 23.2 Å². The molecule has 7 nitrogen and oxygen atoms in total. The number of esters is 1. The van der Waals surface area contributed by atoms with Crippen molar-refractivity contribution in [3.05, 3.63) is 34.9 Å². The van der Waals surface area contributed by atoms with Gasteiger partial charge >= 0.3 is 11.9 Å². The number of piperidine rings is 1. The lowest BCUT2D eigenvalue weighted by atomic mass is 9.87. The van der Waals surface area contributed by atoms with Gasteiger partial charge in [-0.25, -0.2) is 4.79 Å². The van der Waals surface area contributed by atoms with Gasteiger partial charge in [-0.3, -0.25) is 9.59 Å². The summed E-state index contributed by atoms with van der Waals surface area (Å²) in [6.45, 7) is 1.33. The van der Waals surface area contributed by atoms with E-state index >= 15 is 0 Å². The second-order valence-corrected chi connectivity index (χ2v) is 7.34. The van der Waals surface area contributed by atoms with Crippen LogP contribution in [0, 0.1) is 0 Å². The van der Waals surface area contributed by atoms with Gasteiger partial charge in [0.1, 0.15) is 10.9 Å². The SMILES string of the molecule is COC(=O)C1(NC(=O)C(Cl)c2ccc(Cl)cc2)CCN(CCC(=O)O)CC1. The van der Waals surface area contributed by atoms with Crippen LogP contribution in [0.15, 0.2) is 24.3 Å². The summed E-state index contributed by atoms with van der Waals surface area (Å²) in [5, 5.41) is 11.1. The number of hydrogen-bond acceptors (Lipinski definition) is 5. The van der Waals surface area contributed by atoms with Crippen LogP contribution in [0.4, 0.5) is 0 Å². The van der Waals surface area contributed by atoms with Gasteiger partial charge in [0.05, 0.1) is 13.5 Å². The average Bonchev–Trinajstić information content (AvgIpc) is 2.66. The Balaban J connectivity index is 2.06. The van der Waals surface area contributed by atoms with Crippen LogP contribution in [0.3, 0.4) is 0 Å². The first-order valence-electron chi connectivity index (χ1n) is 8.51. The van der Waals surface area contributed by atoms with Crippen LogP contribution in [0.25, 0.3) is 0 Å². The number of amides is 1. The normalized spacial score (nSPS) is 17.7. The number of rotatable bonds is 7. The van der Waals surface area contributed by atoms with Gasteiger partial charge in [0.25, 0.3) is 0 Å². The number of carbonyl (C=O) groups is 3. The van der Waals surface area contributed by atoms with E-state index in [1.165, 1.54) is 7.11 Å². The van der Waals surface area contributed by atoms with Crippen molar-refractivity contribution in [3.8, 4) is 0 Å². The maximum absolute atomic E-state index is 12.6. The molecule has 1 atom stereocenters. The molecule has 0 radical (unpaired) electrons. The van der Waals surface area contributed by atoms with Crippen molar-refractivity contribution in [2.24, 2.45) is 0 Å². The van der Waals surface area contributed by atoms with Gasteiger partial charge in [-0.2, -0.15) is 0 Å². The maximum Gasteiger partial charge on any atom is 0.331 e. The van der Waals surface area contributed by atoms with Gasteiger partial charge in [0, 0.05) is 24.7 Å². The van der Waals surface area contributed by atoms with E-state index < -0.39 is 28.8 Å². The van der Waals surface area contributed by atoms with E-state index in [1.54, 1.807) is 24.3 Å². The molecule has 2 rings (SSSR count). The Labute approximate surface area is 167 Å². The van der Waals surface area contributed by atoms with Gasteiger partial charge in [-0.15, -0.1) is 11.6 Å². The highest BCUT2D eigenvalue weighted by atomic mass is 35.5. The van der Waals surface area contributed by atoms with Crippen LogP contribution < -0.4 is 5.32 Å².